The lowest BCUT2D eigenvalue weighted by atomic mass is 10.0. The Morgan fingerprint density at radius 3 is 1.49 bits per heavy atom. The van der Waals surface area contributed by atoms with Crippen LogP contribution in [-0.2, 0) is 21.8 Å². The Kier molecular flexibility index (Phi) is 15.9. The molecule has 15 nitrogen and oxygen atoms in total. The lowest BCUT2D eigenvalue weighted by molar-refractivity contribution is -0.138. The average molecular weight is 911 g/mol. The Bertz CT molecular complexity index is 2520. The van der Waals surface area contributed by atoms with Crippen LogP contribution >= 0.6 is 0 Å². The predicted molar refractivity (Wildman–Crippen MR) is 224 cm³/mol. The molecular formula is C42H38F8N12O3. The Morgan fingerprint density at radius 2 is 1.06 bits per heavy atom. The van der Waals surface area contributed by atoms with Crippen molar-refractivity contribution in [2.24, 2.45) is 10.9 Å². The molecule has 0 unspecified atom stereocenters. The van der Waals surface area contributed by atoms with Crippen LogP contribution in [0, 0.1) is 11.6 Å². The standard InChI is InChI=1S/C21H18F4N6O.C13H8F3NO.C8H12FN5O/c22-18-13-27-20(29-19(18)31-6-8-32-9-7-31)30-28-12-17-5-4-15(11-26-17)14-2-1-3-16(10-14)21(23,24)25;14-13(15,16)11-3-1-2-9(6-11)10-4-5-12(8-18)17-7-10;9-6-5-11-8(13-10)12-7(6)14-1-3-15-4-2-14/h1-5,10-13H,6-9H2,(H,27,29,30);1-8H;5H,1-4,10H2,(H,11,12,13)/b28-12-;;. The lowest BCUT2D eigenvalue weighted by Crippen LogP contribution is -2.37. The number of hydrazone groups is 1. The summed E-state index contributed by atoms with van der Waals surface area (Å²) in [5, 5.41) is 4.00. The van der Waals surface area contributed by atoms with Gasteiger partial charge in [-0.05, 0) is 47.5 Å². The van der Waals surface area contributed by atoms with E-state index in [1.807, 2.05) is 0 Å². The van der Waals surface area contributed by atoms with Crippen LogP contribution in [0.2, 0.25) is 0 Å². The highest BCUT2D eigenvalue weighted by Gasteiger charge is 2.31. The molecule has 2 aliphatic heterocycles. The van der Waals surface area contributed by atoms with Gasteiger partial charge in [-0.25, -0.2) is 30.0 Å². The summed E-state index contributed by atoms with van der Waals surface area (Å²) in [7, 11) is 0. The predicted octanol–water partition coefficient (Wildman–Crippen LogP) is 7.30. The molecule has 2 saturated heterocycles. The number of nitrogen functional groups attached to an aromatic ring is 1. The van der Waals surface area contributed by atoms with E-state index < -0.39 is 35.1 Å². The molecule has 340 valence electrons. The number of rotatable bonds is 9. The number of nitrogens with zero attached hydrogens (tertiary/aromatic N) is 9. The van der Waals surface area contributed by atoms with Gasteiger partial charge in [0.2, 0.25) is 11.9 Å². The second-order valence-electron chi connectivity index (χ2n) is 13.7. The van der Waals surface area contributed by atoms with E-state index in [0.717, 1.165) is 36.7 Å². The first-order valence-corrected chi connectivity index (χ1v) is 19.4. The van der Waals surface area contributed by atoms with Crippen molar-refractivity contribution in [3.63, 3.8) is 0 Å². The molecule has 0 amide bonds. The molecule has 4 aromatic heterocycles. The number of nitrogens with two attached hydrogens (primary N) is 1. The number of nitrogens with one attached hydrogen (secondary N) is 2. The number of aromatic nitrogens is 6. The quantitative estimate of drug-likeness (QED) is 0.0432. The van der Waals surface area contributed by atoms with Crippen LogP contribution in [0.25, 0.3) is 22.3 Å². The molecule has 4 N–H and O–H groups in total. The first kappa shape index (κ1) is 47.2. The molecule has 0 bridgehead atoms. The molecule has 65 heavy (non-hydrogen) atoms. The van der Waals surface area contributed by atoms with Gasteiger partial charge in [0.25, 0.3) is 0 Å². The van der Waals surface area contributed by atoms with Gasteiger partial charge in [-0.3, -0.25) is 20.2 Å². The normalized spacial score (nSPS) is 14.2. The smallest absolute Gasteiger partial charge is 0.378 e. The third-order valence-corrected chi connectivity index (χ3v) is 9.30. The molecule has 0 atom stereocenters. The van der Waals surface area contributed by atoms with Crippen LogP contribution < -0.4 is 26.5 Å². The molecule has 0 radical (unpaired) electrons. The van der Waals surface area contributed by atoms with Crippen LogP contribution in [0.5, 0.6) is 0 Å². The van der Waals surface area contributed by atoms with Crippen molar-refractivity contribution in [3.05, 3.63) is 132 Å². The molecule has 0 saturated carbocycles. The molecular weight excluding hydrogens is 873 g/mol. The maximum absolute atomic E-state index is 14.1. The van der Waals surface area contributed by atoms with E-state index >= 15 is 0 Å². The maximum Gasteiger partial charge on any atom is 0.416 e. The molecule has 0 aliphatic carbocycles. The van der Waals surface area contributed by atoms with Gasteiger partial charge in [0.05, 0.1) is 61.9 Å². The number of carbonyl (C=O) groups is 1. The Morgan fingerprint density at radius 1 is 0.600 bits per heavy atom. The number of aldehydes is 1. The number of halogens is 8. The van der Waals surface area contributed by atoms with Gasteiger partial charge < -0.3 is 19.3 Å². The molecule has 6 heterocycles. The van der Waals surface area contributed by atoms with E-state index in [0.29, 0.717) is 86.8 Å². The molecule has 2 aliphatic rings. The highest BCUT2D eigenvalue weighted by atomic mass is 19.4. The maximum atomic E-state index is 14.1. The minimum atomic E-state index is -4.41. The molecule has 6 aromatic rings. The second-order valence-corrected chi connectivity index (χ2v) is 13.7. The minimum Gasteiger partial charge on any atom is -0.378 e. The zero-order valence-corrected chi connectivity index (χ0v) is 33.9. The first-order valence-electron chi connectivity index (χ1n) is 19.4. The van der Waals surface area contributed by atoms with Gasteiger partial charge in [-0.1, -0.05) is 36.4 Å². The molecule has 0 spiro atoms. The van der Waals surface area contributed by atoms with Crippen LogP contribution in [0.4, 0.5) is 58.7 Å². The number of anilines is 4. The number of alkyl halides is 6. The summed E-state index contributed by atoms with van der Waals surface area (Å²) < 4.78 is 114. The Hall–Kier alpha value is -7.24. The fourth-order valence-electron chi connectivity index (χ4n) is 6.04. The minimum absolute atomic E-state index is 0.115. The third-order valence-electron chi connectivity index (χ3n) is 9.30. The van der Waals surface area contributed by atoms with Gasteiger partial charge in [0, 0.05) is 49.7 Å². The van der Waals surface area contributed by atoms with Gasteiger partial charge >= 0.3 is 12.4 Å². The summed E-state index contributed by atoms with van der Waals surface area (Å²) in [5.41, 5.74) is 6.08. The van der Waals surface area contributed by atoms with Crippen LogP contribution in [0.1, 0.15) is 27.3 Å². The largest absolute Gasteiger partial charge is 0.416 e. The summed E-state index contributed by atoms with van der Waals surface area (Å²) in [4.78, 5) is 37.7. The fraction of sp³-hybridized carbons (Fsp3) is 0.238. The SMILES string of the molecule is Fc1cnc(N/N=C\c2ccc(-c3cccc(C(F)(F)F)c3)cn2)nc1N1CCOCC1.NNc1ncc(F)c(N2CCOCC2)n1.O=Cc1ccc(-c2cccc(C(F)(F)F)c2)cn1. The summed E-state index contributed by atoms with van der Waals surface area (Å²) in [5.74, 6) is 4.93. The van der Waals surface area contributed by atoms with E-state index in [1.165, 1.54) is 36.8 Å². The monoisotopic (exact) mass is 910 g/mol. The van der Waals surface area contributed by atoms with Gasteiger partial charge in [-0.15, -0.1) is 0 Å². The molecule has 2 fully saturated rings. The van der Waals surface area contributed by atoms with Crippen molar-refractivity contribution >= 4 is 36.0 Å². The number of morpholine rings is 2. The highest BCUT2D eigenvalue weighted by molar-refractivity contribution is 5.78. The van der Waals surface area contributed by atoms with E-state index in [1.54, 1.807) is 40.1 Å². The van der Waals surface area contributed by atoms with Crippen molar-refractivity contribution in [2.75, 3.05) is 73.3 Å². The van der Waals surface area contributed by atoms with Gasteiger partial charge in [0.15, 0.2) is 29.6 Å². The lowest BCUT2D eigenvalue weighted by Gasteiger charge is -2.27. The number of pyridine rings is 2. The van der Waals surface area contributed by atoms with Crippen LogP contribution in [0.3, 0.4) is 0 Å². The van der Waals surface area contributed by atoms with Crippen molar-refractivity contribution in [2.45, 2.75) is 12.4 Å². The zero-order valence-electron chi connectivity index (χ0n) is 33.9. The van der Waals surface area contributed by atoms with E-state index in [2.05, 4.69) is 45.9 Å². The summed E-state index contributed by atoms with van der Waals surface area (Å²) in [6, 6.07) is 16.3. The topological polar surface area (TPSA) is 182 Å². The average Bonchev–Trinajstić information content (AvgIpc) is 3.33. The molecule has 23 heteroatoms. The van der Waals surface area contributed by atoms with Crippen molar-refractivity contribution in [1.82, 2.24) is 29.9 Å². The zero-order chi connectivity index (χ0) is 46.4. The fourth-order valence-corrected chi connectivity index (χ4v) is 6.04. The number of hydrogen-bond acceptors (Lipinski definition) is 15. The number of carbonyl (C=O) groups excluding carboxylic acids is 1. The summed E-state index contributed by atoms with van der Waals surface area (Å²) in [6.07, 6.45) is -1.79. The van der Waals surface area contributed by atoms with Crippen LogP contribution in [-0.4, -0.2) is 95.0 Å². The summed E-state index contributed by atoms with van der Waals surface area (Å²) in [6.45, 7) is 4.44. The van der Waals surface area contributed by atoms with Gasteiger partial charge in [0.1, 0.15) is 5.69 Å². The van der Waals surface area contributed by atoms with Crippen LogP contribution in [0.15, 0.2) is 103 Å². The highest BCUT2D eigenvalue weighted by Crippen LogP contribution is 2.33. The Labute approximate surface area is 365 Å². The Balaban J connectivity index is 0.000000178. The summed E-state index contributed by atoms with van der Waals surface area (Å²) >= 11 is 0. The number of benzene rings is 2. The van der Waals surface area contributed by atoms with E-state index in [9.17, 15) is 39.9 Å². The van der Waals surface area contributed by atoms with Crippen molar-refractivity contribution < 1.29 is 49.4 Å². The first-order chi connectivity index (χ1) is 31.2. The van der Waals surface area contributed by atoms with E-state index in [4.69, 9.17) is 15.3 Å². The molecule has 2 aromatic carbocycles. The second kappa shape index (κ2) is 21.9. The van der Waals surface area contributed by atoms with Crippen molar-refractivity contribution in [3.8, 4) is 22.3 Å². The third kappa shape index (κ3) is 13.4. The molecule has 8 rings (SSSR count). The number of ether oxygens (including phenoxy) is 2. The van der Waals surface area contributed by atoms with Gasteiger partial charge in [-0.2, -0.15) is 41.4 Å². The van der Waals surface area contributed by atoms with E-state index in [-0.39, 0.29) is 29.2 Å². The number of hydrazine groups is 1. The van der Waals surface area contributed by atoms with Crippen molar-refractivity contribution in [1.29, 1.82) is 0 Å². The number of hydrogen-bond donors (Lipinski definition) is 3.